The summed E-state index contributed by atoms with van der Waals surface area (Å²) in [5, 5.41) is 23.6. The van der Waals surface area contributed by atoms with Gasteiger partial charge in [0.1, 0.15) is 24.7 Å². The average molecular weight is 527 g/mol. The van der Waals surface area contributed by atoms with Gasteiger partial charge in [0, 0.05) is 10.9 Å². The summed E-state index contributed by atoms with van der Waals surface area (Å²) < 4.78 is 12.7. The number of ether oxygens (including phenoxy) is 2. The molecule has 4 nitrogen and oxygen atoms in total. The summed E-state index contributed by atoms with van der Waals surface area (Å²) in [5.74, 6) is 1.29. The number of aliphatic hydroxyl groups is 2. The number of aliphatic hydroxyl groups excluding tert-OH is 2. The Hall–Kier alpha value is -4.64. The zero-order valence-electron chi connectivity index (χ0n) is 22.1. The topological polar surface area (TPSA) is 58.9 Å². The molecular formula is C36H30O4. The van der Waals surface area contributed by atoms with Gasteiger partial charge in [-0.25, -0.2) is 0 Å². The molecule has 0 saturated heterocycles. The molecule has 198 valence electrons. The van der Waals surface area contributed by atoms with Crippen molar-refractivity contribution in [2.24, 2.45) is 0 Å². The SMILES string of the molecule is OCCOc1c(-c2ccccc2)c(OCCO)c2ccccc2c1-c1cc(-c2ccccc2)cc2ccccc12. The molecule has 0 atom stereocenters. The van der Waals surface area contributed by atoms with Crippen molar-refractivity contribution in [2.75, 3.05) is 26.4 Å². The van der Waals surface area contributed by atoms with E-state index >= 15 is 0 Å². The van der Waals surface area contributed by atoms with E-state index in [2.05, 4.69) is 72.8 Å². The van der Waals surface area contributed by atoms with E-state index in [-0.39, 0.29) is 26.4 Å². The van der Waals surface area contributed by atoms with Crippen molar-refractivity contribution in [1.29, 1.82) is 0 Å². The standard InChI is InChI=1S/C36H30O4/c37-19-21-39-35-31-18-10-9-17-30(31)34(36(40-22-20-38)33(35)26-13-5-2-6-14-26)32-24-28(25-11-3-1-4-12-25)23-27-15-7-8-16-29(27)32/h1-18,23-24,37-38H,19-22H2. The molecule has 40 heavy (non-hydrogen) atoms. The molecule has 0 aliphatic heterocycles. The third kappa shape index (κ3) is 4.79. The maximum absolute atomic E-state index is 9.85. The third-order valence-electron chi connectivity index (χ3n) is 7.10. The fourth-order valence-corrected chi connectivity index (χ4v) is 5.42. The molecule has 0 bridgehead atoms. The highest BCUT2D eigenvalue weighted by molar-refractivity contribution is 6.14. The van der Waals surface area contributed by atoms with Crippen molar-refractivity contribution in [1.82, 2.24) is 0 Å². The minimum Gasteiger partial charge on any atom is -0.490 e. The molecule has 4 heteroatoms. The van der Waals surface area contributed by atoms with Gasteiger partial charge < -0.3 is 19.7 Å². The maximum atomic E-state index is 9.85. The van der Waals surface area contributed by atoms with E-state index in [1.807, 2.05) is 48.5 Å². The molecule has 6 aromatic carbocycles. The molecule has 6 aromatic rings. The Morgan fingerprint density at radius 1 is 0.450 bits per heavy atom. The van der Waals surface area contributed by atoms with E-state index < -0.39 is 0 Å². The molecule has 0 fully saturated rings. The van der Waals surface area contributed by atoms with Crippen molar-refractivity contribution >= 4 is 21.5 Å². The van der Waals surface area contributed by atoms with Crippen LogP contribution in [0.15, 0.2) is 121 Å². The van der Waals surface area contributed by atoms with Gasteiger partial charge in [0.15, 0.2) is 0 Å². The lowest BCUT2D eigenvalue weighted by atomic mass is 9.86. The highest BCUT2D eigenvalue weighted by Crippen LogP contribution is 2.52. The first-order valence-electron chi connectivity index (χ1n) is 13.5. The zero-order valence-corrected chi connectivity index (χ0v) is 22.1. The molecule has 0 saturated carbocycles. The summed E-state index contributed by atoms with van der Waals surface area (Å²) in [6.45, 7) is 0.0367. The van der Waals surface area contributed by atoms with Crippen LogP contribution in [0.1, 0.15) is 0 Å². The Kier molecular flexibility index (Phi) is 7.45. The van der Waals surface area contributed by atoms with Gasteiger partial charge in [-0.05, 0) is 50.5 Å². The third-order valence-corrected chi connectivity index (χ3v) is 7.10. The van der Waals surface area contributed by atoms with Crippen LogP contribution in [-0.2, 0) is 0 Å². The number of benzene rings is 6. The van der Waals surface area contributed by atoms with E-state index in [9.17, 15) is 10.2 Å². The number of rotatable bonds is 9. The normalized spacial score (nSPS) is 11.2. The van der Waals surface area contributed by atoms with Gasteiger partial charge in [-0.3, -0.25) is 0 Å². The molecule has 0 unspecified atom stereocenters. The minimum absolute atomic E-state index is 0.110. The Morgan fingerprint density at radius 2 is 1.00 bits per heavy atom. The number of hydrogen-bond acceptors (Lipinski definition) is 4. The van der Waals surface area contributed by atoms with Crippen LogP contribution in [0.3, 0.4) is 0 Å². The first-order valence-corrected chi connectivity index (χ1v) is 13.5. The molecule has 0 amide bonds. The highest BCUT2D eigenvalue weighted by atomic mass is 16.5. The lowest BCUT2D eigenvalue weighted by molar-refractivity contribution is 0.197. The molecule has 0 heterocycles. The lowest BCUT2D eigenvalue weighted by Gasteiger charge is -2.24. The van der Waals surface area contributed by atoms with Crippen LogP contribution in [0.4, 0.5) is 0 Å². The molecule has 0 aromatic heterocycles. The Bertz CT molecular complexity index is 1760. The second kappa shape index (κ2) is 11.6. The first-order chi connectivity index (χ1) is 19.8. The largest absolute Gasteiger partial charge is 0.490 e. The van der Waals surface area contributed by atoms with Gasteiger partial charge in [-0.1, -0.05) is 109 Å². The van der Waals surface area contributed by atoms with Crippen molar-refractivity contribution < 1.29 is 19.7 Å². The summed E-state index contributed by atoms with van der Waals surface area (Å²) in [6, 6.07) is 41.4. The van der Waals surface area contributed by atoms with Gasteiger partial charge in [0.2, 0.25) is 0 Å². The predicted octanol–water partition coefficient (Wildman–Crippen LogP) is 7.74. The van der Waals surface area contributed by atoms with Crippen LogP contribution in [0.25, 0.3) is 54.9 Å². The fraction of sp³-hybridized carbons (Fsp3) is 0.111. The molecule has 0 radical (unpaired) electrons. The van der Waals surface area contributed by atoms with E-state index in [1.54, 1.807) is 0 Å². The summed E-state index contributed by atoms with van der Waals surface area (Å²) in [6.07, 6.45) is 0. The Labute approximate surface area is 233 Å². The first kappa shape index (κ1) is 25.6. The predicted molar refractivity (Wildman–Crippen MR) is 163 cm³/mol. The van der Waals surface area contributed by atoms with Crippen LogP contribution in [0, 0.1) is 0 Å². The summed E-state index contributed by atoms with van der Waals surface area (Å²) in [4.78, 5) is 0. The molecule has 0 aliphatic rings. The summed E-state index contributed by atoms with van der Waals surface area (Å²) in [7, 11) is 0. The van der Waals surface area contributed by atoms with Gasteiger partial charge in [-0.15, -0.1) is 0 Å². The molecule has 2 N–H and O–H groups in total. The van der Waals surface area contributed by atoms with Crippen molar-refractivity contribution in [2.45, 2.75) is 0 Å². The lowest BCUT2D eigenvalue weighted by Crippen LogP contribution is -2.08. The summed E-state index contributed by atoms with van der Waals surface area (Å²) in [5.41, 5.74) is 5.93. The highest BCUT2D eigenvalue weighted by Gasteiger charge is 2.25. The zero-order chi connectivity index (χ0) is 27.3. The van der Waals surface area contributed by atoms with Crippen LogP contribution < -0.4 is 9.47 Å². The molecular weight excluding hydrogens is 496 g/mol. The quantitative estimate of drug-likeness (QED) is 0.202. The average Bonchev–Trinajstić information content (AvgIpc) is 3.02. The molecule has 0 spiro atoms. The van der Waals surface area contributed by atoms with Gasteiger partial charge in [0.05, 0.1) is 18.8 Å². The van der Waals surface area contributed by atoms with E-state index in [0.29, 0.717) is 11.5 Å². The van der Waals surface area contributed by atoms with Gasteiger partial charge in [-0.2, -0.15) is 0 Å². The van der Waals surface area contributed by atoms with Crippen molar-refractivity contribution in [3.05, 3.63) is 121 Å². The minimum atomic E-state index is -0.127. The van der Waals surface area contributed by atoms with Gasteiger partial charge >= 0.3 is 0 Å². The smallest absolute Gasteiger partial charge is 0.139 e. The van der Waals surface area contributed by atoms with E-state index in [0.717, 1.165) is 54.9 Å². The van der Waals surface area contributed by atoms with E-state index in [1.165, 1.54) is 0 Å². The van der Waals surface area contributed by atoms with E-state index in [4.69, 9.17) is 9.47 Å². The summed E-state index contributed by atoms with van der Waals surface area (Å²) >= 11 is 0. The molecule has 0 aliphatic carbocycles. The monoisotopic (exact) mass is 526 g/mol. The Balaban J connectivity index is 1.78. The Morgan fingerprint density at radius 3 is 1.68 bits per heavy atom. The number of fused-ring (bicyclic) bond motifs is 2. The van der Waals surface area contributed by atoms with Gasteiger partial charge in [0.25, 0.3) is 0 Å². The second-order valence-corrected chi connectivity index (χ2v) is 9.57. The number of hydrogen-bond donors (Lipinski definition) is 2. The maximum Gasteiger partial charge on any atom is 0.139 e. The van der Waals surface area contributed by atoms with Crippen LogP contribution in [-0.4, -0.2) is 36.6 Å². The van der Waals surface area contributed by atoms with Crippen LogP contribution >= 0.6 is 0 Å². The second-order valence-electron chi connectivity index (χ2n) is 9.57. The van der Waals surface area contributed by atoms with Crippen molar-refractivity contribution in [3.63, 3.8) is 0 Å². The molecule has 6 rings (SSSR count). The van der Waals surface area contributed by atoms with Crippen LogP contribution in [0.2, 0.25) is 0 Å². The van der Waals surface area contributed by atoms with Crippen LogP contribution in [0.5, 0.6) is 11.5 Å². The fourth-order valence-electron chi connectivity index (χ4n) is 5.42. The van der Waals surface area contributed by atoms with Crippen molar-refractivity contribution in [3.8, 4) is 44.9 Å².